The number of rotatable bonds is 6. The van der Waals surface area contributed by atoms with Crippen molar-refractivity contribution in [1.29, 1.82) is 0 Å². The predicted octanol–water partition coefficient (Wildman–Crippen LogP) is 2.73. The second kappa shape index (κ2) is 6.90. The molecule has 3 nitrogen and oxygen atoms in total. The van der Waals surface area contributed by atoms with Gasteiger partial charge in [-0.15, -0.1) is 0 Å². The molecule has 0 fully saturated rings. The van der Waals surface area contributed by atoms with Crippen molar-refractivity contribution >= 4 is 0 Å². The summed E-state index contributed by atoms with van der Waals surface area (Å²) in [5.41, 5.74) is 3.57. The molecule has 0 saturated heterocycles. The van der Waals surface area contributed by atoms with Gasteiger partial charge in [0.1, 0.15) is 12.4 Å². The lowest BCUT2D eigenvalue weighted by Crippen LogP contribution is -2.12. The van der Waals surface area contributed by atoms with E-state index >= 15 is 0 Å². The van der Waals surface area contributed by atoms with Crippen LogP contribution in [-0.4, -0.2) is 18.6 Å². The molecule has 0 atom stereocenters. The van der Waals surface area contributed by atoms with Crippen molar-refractivity contribution in [3.8, 4) is 5.75 Å². The maximum atomic E-state index is 5.78. The summed E-state index contributed by atoms with van der Waals surface area (Å²) in [6, 6.07) is 12.3. The van der Waals surface area contributed by atoms with Gasteiger partial charge in [-0.25, -0.2) is 0 Å². The van der Waals surface area contributed by atoms with Gasteiger partial charge in [0, 0.05) is 5.69 Å². The Morgan fingerprint density at radius 3 is 2.58 bits per heavy atom. The fourth-order valence-corrected chi connectivity index (χ4v) is 1.90. The fourth-order valence-electron chi connectivity index (χ4n) is 1.90. The molecule has 0 amide bonds. The van der Waals surface area contributed by atoms with Crippen molar-refractivity contribution in [2.24, 2.45) is 0 Å². The molecule has 1 N–H and O–H groups in total. The topological polar surface area (TPSA) is 34.1 Å². The fraction of sp³-hybridized carbons (Fsp3) is 0.312. The van der Waals surface area contributed by atoms with Crippen molar-refractivity contribution in [2.45, 2.75) is 20.0 Å². The third-order valence-electron chi connectivity index (χ3n) is 3.04. The standard InChI is InChI=1S/C16H20N2O/c1-13-7-8-16(11-18-13)19-12-15-6-4-3-5-14(15)9-10-17-2/h3-8,11,17H,9-10,12H2,1-2H3. The first kappa shape index (κ1) is 13.6. The number of likely N-dealkylation sites (N-methyl/N-ethyl adjacent to an activating group) is 1. The van der Waals surface area contributed by atoms with Crippen LogP contribution in [0.25, 0.3) is 0 Å². The molecular weight excluding hydrogens is 236 g/mol. The lowest BCUT2D eigenvalue weighted by molar-refractivity contribution is 0.303. The van der Waals surface area contributed by atoms with E-state index in [4.69, 9.17) is 4.74 Å². The molecule has 100 valence electrons. The molecule has 0 aliphatic carbocycles. The minimum atomic E-state index is 0.588. The van der Waals surface area contributed by atoms with Crippen molar-refractivity contribution < 1.29 is 4.74 Å². The average molecular weight is 256 g/mol. The summed E-state index contributed by atoms with van der Waals surface area (Å²) in [4.78, 5) is 4.23. The highest BCUT2D eigenvalue weighted by atomic mass is 16.5. The maximum absolute atomic E-state index is 5.78. The molecular formula is C16H20N2O. The maximum Gasteiger partial charge on any atom is 0.138 e. The molecule has 0 aliphatic rings. The van der Waals surface area contributed by atoms with E-state index in [9.17, 15) is 0 Å². The minimum absolute atomic E-state index is 0.588. The molecule has 2 rings (SSSR count). The SMILES string of the molecule is CNCCc1ccccc1COc1ccc(C)nc1. The number of nitrogens with one attached hydrogen (secondary N) is 1. The van der Waals surface area contributed by atoms with E-state index in [1.54, 1.807) is 6.20 Å². The van der Waals surface area contributed by atoms with Crippen LogP contribution >= 0.6 is 0 Å². The summed E-state index contributed by atoms with van der Waals surface area (Å²) >= 11 is 0. The zero-order chi connectivity index (χ0) is 13.5. The van der Waals surface area contributed by atoms with Gasteiger partial charge in [0.25, 0.3) is 0 Å². The summed E-state index contributed by atoms with van der Waals surface area (Å²) in [6.45, 7) is 3.53. The monoisotopic (exact) mass is 256 g/mol. The molecule has 1 aromatic heterocycles. The van der Waals surface area contributed by atoms with Gasteiger partial charge in [-0.2, -0.15) is 0 Å². The molecule has 2 aromatic rings. The third-order valence-corrected chi connectivity index (χ3v) is 3.04. The van der Waals surface area contributed by atoms with Crippen LogP contribution in [0.1, 0.15) is 16.8 Å². The first-order valence-electron chi connectivity index (χ1n) is 6.56. The lowest BCUT2D eigenvalue weighted by atomic mass is 10.1. The largest absolute Gasteiger partial charge is 0.487 e. The lowest BCUT2D eigenvalue weighted by Gasteiger charge is -2.11. The van der Waals surface area contributed by atoms with Crippen LogP contribution in [0.15, 0.2) is 42.6 Å². The second-order valence-corrected chi connectivity index (χ2v) is 4.55. The Bertz CT molecular complexity index is 508. The highest BCUT2D eigenvalue weighted by molar-refractivity contribution is 5.28. The van der Waals surface area contributed by atoms with E-state index in [0.717, 1.165) is 24.4 Å². The minimum Gasteiger partial charge on any atom is -0.487 e. The van der Waals surface area contributed by atoms with Gasteiger partial charge < -0.3 is 10.1 Å². The Morgan fingerprint density at radius 2 is 1.89 bits per heavy atom. The zero-order valence-electron chi connectivity index (χ0n) is 11.5. The smallest absolute Gasteiger partial charge is 0.138 e. The number of hydrogen-bond donors (Lipinski definition) is 1. The van der Waals surface area contributed by atoms with Crippen LogP contribution in [0.2, 0.25) is 0 Å². The summed E-state index contributed by atoms with van der Waals surface area (Å²) in [5.74, 6) is 0.814. The number of nitrogens with zero attached hydrogens (tertiary/aromatic N) is 1. The number of benzene rings is 1. The van der Waals surface area contributed by atoms with Crippen LogP contribution in [0, 0.1) is 6.92 Å². The highest BCUT2D eigenvalue weighted by Crippen LogP contribution is 2.14. The molecule has 0 radical (unpaired) electrons. The van der Waals surface area contributed by atoms with E-state index in [1.165, 1.54) is 11.1 Å². The molecule has 19 heavy (non-hydrogen) atoms. The number of ether oxygens (including phenoxy) is 1. The number of aromatic nitrogens is 1. The van der Waals surface area contributed by atoms with Gasteiger partial charge in [0.15, 0.2) is 0 Å². The molecule has 1 heterocycles. The molecule has 0 aliphatic heterocycles. The third kappa shape index (κ3) is 4.07. The van der Waals surface area contributed by atoms with Gasteiger partial charge in [-0.1, -0.05) is 24.3 Å². The Kier molecular flexibility index (Phi) is 4.93. The quantitative estimate of drug-likeness (QED) is 0.863. The van der Waals surface area contributed by atoms with Gasteiger partial charge in [0.2, 0.25) is 0 Å². The van der Waals surface area contributed by atoms with Gasteiger partial charge in [-0.3, -0.25) is 4.98 Å². The van der Waals surface area contributed by atoms with E-state index in [0.29, 0.717) is 6.61 Å². The number of pyridine rings is 1. The Hall–Kier alpha value is -1.87. The Balaban J connectivity index is 2.00. The number of hydrogen-bond acceptors (Lipinski definition) is 3. The molecule has 1 aromatic carbocycles. The van der Waals surface area contributed by atoms with Crippen LogP contribution in [0.4, 0.5) is 0 Å². The molecule has 0 spiro atoms. The van der Waals surface area contributed by atoms with Crippen LogP contribution in [-0.2, 0) is 13.0 Å². The molecule has 3 heteroatoms. The van der Waals surface area contributed by atoms with Crippen molar-refractivity contribution in [2.75, 3.05) is 13.6 Å². The van der Waals surface area contributed by atoms with Crippen molar-refractivity contribution in [1.82, 2.24) is 10.3 Å². The van der Waals surface area contributed by atoms with Crippen LogP contribution in [0.3, 0.4) is 0 Å². The summed E-state index contributed by atoms with van der Waals surface area (Å²) < 4.78 is 5.78. The summed E-state index contributed by atoms with van der Waals surface area (Å²) in [5, 5.41) is 3.17. The van der Waals surface area contributed by atoms with Gasteiger partial charge in [0.05, 0.1) is 6.20 Å². The van der Waals surface area contributed by atoms with E-state index < -0.39 is 0 Å². The average Bonchev–Trinajstić information content (AvgIpc) is 2.45. The normalized spacial score (nSPS) is 10.4. The summed E-state index contributed by atoms with van der Waals surface area (Å²) in [7, 11) is 1.97. The van der Waals surface area contributed by atoms with Crippen LogP contribution < -0.4 is 10.1 Å². The van der Waals surface area contributed by atoms with Gasteiger partial charge >= 0.3 is 0 Å². The van der Waals surface area contributed by atoms with Gasteiger partial charge in [-0.05, 0) is 50.2 Å². The molecule has 0 bridgehead atoms. The molecule has 0 unspecified atom stereocenters. The first-order chi connectivity index (χ1) is 9.29. The predicted molar refractivity (Wildman–Crippen MR) is 77.4 cm³/mol. The van der Waals surface area contributed by atoms with Crippen molar-refractivity contribution in [3.05, 3.63) is 59.4 Å². The Labute approximate surface area is 114 Å². The second-order valence-electron chi connectivity index (χ2n) is 4.55. The van der Waals surface area contributed by atoms with Crippen molar-refractivity contribution in [3.63, 3.8) is 0 Å². The first-order valence-corrected chi connectivity index (χ1v) is 6.56. The zero-order valence-corrected chi connectivity index (χ0v) is 11.5. The number of aryl methyl sites for hydroxylation is 1. The van der Waals surface area contributed by atoms with Crippen LogP contribution in [0.5, 0.6) is 5.75 Å². The highest BCUT2D eigenvalue weighted by Gasteiger charge is 2.02. The van der Waals surface area contributed by atoms with E-state index in [1.807, 2.05) is 26.1 Å². The molecule has 0 saturated carbocycles. The summed E-state index contributed by atoms with van der Waals surface area (Å²) in [6.07, 6.45) is 2.79. The van der Waals surface area contributed by atoms with E-state index in [2.05, 4.69) is 34.6 Å². The Morgan fingerprint density at radius 1 is 1.11 bits per heavy atom. The van der Waals surface area contributed by atoms with E-state index in [-0.39, 0.29) is 0 Å².